The van der Waals surface area contributed by atoms with Crippen LogP contribution in [0.4, 0.5) is 5.69 Å². The van der Waals surface area contributed by atoms with Crippen molar-refractivity contribution in [2.24, 2.45) is 0 Å². The van der Waals surface area contributed by atoms with Gasteiger partial charge in [-0.15, -0.1) is 0 Å². The van der Waals surface area contributed by atoms with E-state index in [0.29, 0.717) is 5.15 Å². The van der Waals surface area contributed by atoms with E-state index in [-0.39, 0.29) is 0 Å². The molecule has 18 heavy (non-hydrogen) atoms. The predicted octanol–water partition coefficient (Wildman–Crippen LogP) is 4.27. The third-order valence-corrected chi connectivity index (χ3v) is 3.49. The average molecular weight is 261 g/mol. The number of aromatic nitrogens is 1. The molecule has 2 rings (SSSR count). The topological polar surface area (TPSA) is 24.9 Å². The van der Waals surface area contributed by atoms with Gasteiger partial charge < -0.3 is 5.32 Å². The van der Waals surface area contributed by atoms with Crippen molar-refractivity contribution in [2.75, 3.05) is 5.32 Å². The summed E-state index contributed by atoms with van der Waals surface area (Å²) in [5.74, 6) is 0. The molecule has 1 N–H and O–H groups in total. The third kappa shape index (κ3) is 2.65. The van der Waals surface area contributed by atoms with E-state index in [1.54, 1.807) is 6.20 Å². The Balaban J connectivity index is 2.22. The number of halogens is 1. The lowest BCUT2D eigenvalue weighted by atomic mass is 10.0. The van der Waals surface area contributed by atoms with Crippen LogP contribution < -0.4 is 5.32 Å². The van der Waals surface area contributed by atoms with Crippen molar-refractivity contribution in [3.63, 3.8) is 0 Å². The molecule has 1 heterocycles. The highest BCUT2D eigenvalue weighted by Crippen LogP contribution is 2.24. The fourth-order valence-electron chi connectivity index (χ4n) is 2.04. The Labute approximate surface area is 113 Å². The molecule has 0 radical (unpaired) electrons. The summed E-state index contributed by atoms with van der Waals surface area (Å²) >= 11 is 6.10. The van der Waals surface area contributed by atoms with Gasteiger partial charge in [0, 0.05) is 12.7 Å². The molecule has 0 aliphatic carbocycles. The first-order valence-corrected chi connectivity index (χ1v) is 6.37. The Hall–Kier alpha value is -1.54. The van der Waals surface area contributed by atoms with Crippen LogP contribution in [-0.2, 0) is 6.54 Å². The van der Waals surface area contributed by atoms with Gasteiger partial charge in [0.15, 0.2) is 5.15 Å². The number of hydrogen-bond donors (Lipinski definition) is 1. The summed E-state index contributed by atoms with van der Waals surface area (Å²) in [5, 5.41) is 3.91. The van der Waals surface area contributed by atoms with Gasteiger partial charge in [-0.3, -0.25) is 0 Å². The molecular weight excluding hydrogens is 244 g/mol. The maximum atomic E-state index is 6.10. The Morgan fingerprint density at radius 2 is 1.72 bits per heavy atom. The molecule has 0 fully saturated rings. The largest absolute Gasteiger partial charge is 0.378 e. The van der Waals surface area contributed by atoms with Gasteiger partial charge in [0.1, 0.15) is 0 Å². The molecule has 0 bridgehead atoms. The van der Waals surface area contributed by atoms with Crippen LogP contribution in [0.15, 0.2) is 30.5 Å². The zero-order valence-electron chi connectivity index (χ0n) is 10.9. The number of hydrogen-bond acceptors (Lipinski definition) is 2. The van der Waals surface area contributed by atoms with E-state index in [2.05, 4.69) is 42.3 Å². The molecule has 2 aromatic rings. The second-order valence-electron chi connectivity index (χ2n) is 4.52. The molecule has 0 atom stereocenters. The van der Waals surface area contributed by atoms with Crippen LogP contribution in [0.3, 0.4) is 0 Å². The van der Waals surface area contributed by atoms with Crippen LogP contribution >= 0.6 is 11.6 Å². The quantitative estimate of drug-likeness (QED) is 0.834. The van der Waals surface area contributed by atoms with Crippen molar-refractivity contribution < 1.29 is 0 Å². The molecule has 0 aliphatic rings. The summed E-state index contributed by atoms with van der Waals surface area (Å²) in [6.45, 7) is 7.05. The first-order chi connectivity index (χ1) is 8.59. The van der Waals surface area contributed by atoms with Crippen LogP contribution in [0.1, 0.15) is 22.3 Å². The van der Waals surface area contributed by atoms with Crippen molar-refractivity contribution in [1.82, 2.24) is 4.98 Å². The maximum Gasteiger partial charge on any atom is 0.152 e. The molecule has 3 heteroatoms. The van der Waals surface area contributed by atoms with Gasteiger partial charge in [-0.25, -0.2) is 4.98 Å². The molecule has 0 saturated carbocycles. The van der Waals surface area contributed by atoms with E-state index in [1.165, 1.54) is 16.7 Å². The van der Waals surface area contributed by atoms with Crippen molar-refractivity contribution in [1.29, 1.82) is 0 Å². The highest BCUT2D eigenvalue weighted by Gasteiger charge is 2.06. The molecule has 0 spiro atoms. The monoisotopic (exact) mass is 260 g/mol. The van der Waals surface area contributed by atoms with Crippen molar-refractivity contribution >= 4 is 17.3 Å². The lowest BCUT2D eigenvalue weighted by Gasteiger charge is -2.14. The van der Waals surface area contributed by atoms with E-state index in [0.717, 1.165) is 17.8 Å². The molecule has 1 aromatic heterocycles. The van der Waals surface area contributed by atoms with E-state index >= 15 is 0 Å². The lowest BCUT2D eigenvalue weighted by molar-refractivity contribution is 1.08. The van der Waals surface area contributed by atoms with Crippen LogP contribution in [0.2, 0.25) is 5.15 Å². The highest BCUT2D eigenvalue weighted by molar-refractivity contribution is 6.32. The normalized spacial score (nSPS) is 10.4. The van der Waals surface area contributed by atoms with Gasteiger partial charge in [0.25, 0.3) is 0 Å². The molecule has 0 unspecified atom stereocenters. The number of nitrogens with one attached hydrogen (secondary N) is 1. The predicted molar refractivity (Wildman–Crippen MR) is 77.2 cm³/mol. The van der Waals surface area contributed by atoms with Crippen LogP contribution in [0, 0.1) is 20.8 Å². The molecule has 0 saturated heterocycles. The zero-order chi connectivity index (χ0) is 13.1. The number of rotatable bonds is 3. The second kappa shape index (κ2) is 5.40. The summed E-state index contributed by atoms with van der Waals surface area (Å²) < 4.78 is 0. The first-order valence-electron chi connectivity index (χ1n) is 5.99. The van der Waals surface area contributed by atoms with Crippen LogP contribution in [-0.4, -0.2) is 4.98 Å². The molecule has 2 nitrogen and oxygen atoms in total. The second-order valence-corrected chi connectivity index (χ2v) is 4.88. The number of anilines is 1. The fraction of sp³-hybridized carbons (Fsp3) is 0.267. The molecular formula is C15H17ClN2. The molecule has 0 aliphatic heterocycles. The standard InChI is InChI=1S/C15H17ClN2/c1-10-5-4-6-11(2)13(10)9-18-14-12(3)7-8-17-15(14)16/h4-8,18H,9H2,1-3H3. The van der Waals surface area contributed by atoms with Crippen molar-refractivity contribution in [2.45, 2.75) is 27.3 Å². The zero-order valence-corrected chi connectivity index (χ0v) is 11.7. The molecule has 94 valence electrons. The number of aryl methyl sites for hydroxylation is 3. The van der Waals surface area contributed by atoms with E-state index in [4.69, 9.17) is 11.6 Å². The summed E-state index contributed by atoms with van der Waals surface area (Å²) in [6, 6.07) is 8.29. The third-order valence-electron chi connectivity index (χ3n) is 3.20. The van der Waals surface area contributed by atoms with Gasteiger partial charge in [0.05, 0.1) is 5.69 Å². The Morgan fingerprint density at radius 3 is 2.33 bits per heavy atom. The van der Waals surface area contributed by atoms with Gasteiger partial charge in [-0.2, -0.15) is 0 Å². The Morgan fingerprint density at radius 1 is 1.06 bits per heavy atom. The van der Waals surface area contributed by atoms with Crippen LogP contribution in [0.25, 0.3) is 0 Å². The van der Waals surface area contributed by atoms with Gasteiger partial charge in [-0.1, -0.05) is 29.8 Å². The van der Waals surface area contributed by atoms with E-state index < -0.39 is 0 Å². The van der Waals surface area contributed by atoms with E-state index in [9.17, 15) is 0 Å². The summed E-state index contributed by atoms with van der Waals surface area (Å²) in [5.41, 5.74) is 5.93. The van der Waals surface area contributed by atoms with Gasteiger partial charge in [-0.05, 0) is 49.1 Å². The minimum atomic E-state index is 0.529. The summed E-state index contributed by atoms with van der Waals surface area (Å²) in [7, 11) is 0. The number of benzene rings is 1. The minimum absolute atomic E-state index is 0.529. The fourth-order valence-corrected chi connectivity index (χ4v) is 2.31. The van der Waals surface area contributed by atoms with Crippen molar-refractivity contribution in [3.8, 4) is 0 Å². The Kier molecular flexibility index (Phi) is 3.87. The maximum absolute atomic E-state index is 6.10. The average Bonchev–Trinajstić information content (AvgIpc) is 2.31. The number of nitrogens with zero attached hydrogens (tertiary/aromatic N) is 1. The SMILES string of the molecule is Cc1cccc(C)c1CNc1c(C)ccnc1Cl. The molecule has 0 amide bonds. The first kappa shape index (κ1) is 12.9. The van der Waals surface area contributed by atoms with Crippen molar-refractivity contribution in [3.05, 3.63) is 57.9 Å². The smallest absolute Gasteiger partial charge is 0.152 e. The highest BCUT2D eigenvalue weighted by atomic mass is 35.5. The number of pyridine rings is 1. The summed E-state index contributed by atoms with van der Waals surface area (Å²) in [4.78, 5) is 4.10. The Bertz CT molecular complexity index is 472. The molecule has 1 aromatic carbocycles. The van der Waals surface area contributed by atoms with E-state index in [1.807, 2.05) is 13.0 Å². The van der Waals surface area contributed by atoms with Gasteiger partial charge in [0.2, 0.25) is 0 Å². The van der Waals surface area contributed by atoms with Crippen LogP contribution in [0.5, 0.6) is 0 Å². The summed E-state index contributed by atoms with van der Waals surface area (Å²) in [6.07, 6.45) is 1.72. The van der Waals surface area contributed by atoms with Gasteiger partial charge >= 0.3 is 0 Å². The minimum Gasteiger partial charge on any atom is -0.378 e. The lowest BCUT2D eigenvalue weighted by Crippen LogP contribution is -2.05.